The van der Waals surface area contributed by atoms with Crippen LogP contribution in [-0.4, -0.2) is 58.1 Å². The summed E-state index contributed by atoms with van der Waals surface area (Å²) in [6.45, 7) is 1.96. The number of rotatable bonds is 7. The molecule has 3 unspecified atom stereocenters. The molecule has 0 aliphatic carbocycles. The SMILES string of the molecule is COCCOC1OCCC1C(O)COC. The quantitative estimate of drug-likeness (QED) is 0.613. The van der Waals surface area contributed by atoms with Gasteiger partial charge in [0.15, 0.2) is 6.29 Å². The van der Waals surface area contributed by atoms with Crippen LogP contribution in [0.1, 0.15) is 6.42 Å². The first-order valence-corrected chi connectivity index (χ1v) is 5.18. The van der Waals surface area contributed by atoms with Crippen LogP contribution in [0.3, 0.4) is 0 Å². The molecule has 0 bridgehead atoms. The van der Waals surface area contributed by atoms with E-state index in [2.05, 4.69) is 0 Å². The summed E-state index contributed by atoms with van der Waals surface area (Å²) in [6, 6.07) is 0. The van der Waals surface area contributed by atoms with Gasteiger partial charge in [-0.1, -0.05) is 0 Å². The highest BCUT2D eigenvalue weighted by atomic mass is 16.7. The van der Waals surface area contributed by atoms with E-state index in [1.54, 1.807) is 14.2 Å². The Morgan fingerprint density at radius 2 is 2.13 bits per heavy atom. The Morgan fingerprint density at radius 3 is 2.80 bits per heavy atom. The van der Waals surface area contributed by atoms with Crippen molar-refractivity contribution in [3.63, 3.8) is 0 Å². The molecule has 1 heterocycles. The largest absolute Gasteiger partial charge is 0.390 e. The highest BCUT2D eigenvalue weighted by molar-refractivity contribution is 4.76. The molecule has 0 spiro atoms. The van der Waals surface area contributed by atoms with Gasteiger partial charge in [-0.05, 0) is 6.42 Å². The van der Waals surface area contributed by atoms with Crippen molar-refractivity contribution >= 4 is 0 Å². The molecule has 0 radical (unpaired) electrons. The Morgan fingerprint density at radius 1 is 1.33 bits per heavy atom. The molecule has 0 aromatic carbocycles. The Hall–Kier alpha value is -0.200. The maximum absolute atomic E-state index is 9.76. The van der Waals surface area contributed by atoms with Gasteiger partial charge in [0.2, 0.25) is 0 Å². The van der Waals surface area contributed by atoms with Crippen LogP contribution in [0, 0.1) is 5.92 Å². The molecule has 0 aromatic heterocycles. The third-order valence-electron chi connectivity index (χ3n) is 2.48. The lowest BCUT2D eigenvalue weighted by atomic mass is 10.0. The van der Waals surface area contributed by atoms with E-state index in [0.29, 0.717) is 26.4 Å². The summed E-state index contributed by atoms with van der Waals surface area (Å²) < 4.78 is 20.6. The van der Waals surface area contributed by atoms with Crippen molar-refractivity contribution in [2.24, 2.45) is 5.92 Å². The van der Waals surface area contributed by atoms with E-state index in [0.717, 1.165) is 6.42 Å². The average molecular weight is 220 g/mol. The van der Waals surface area contributed by atoms with Crippen molar-refractivity contribution < 1.29 is 24.1 Å². The van der Waals surface area contributed by atoms with E-state index in [1.165, 1.54) is 0 Å². The molecular formula is C10H20O5. The summed E-state index contributed by atoms with van der Waals surface area (Å²) in [5.41, 5.74) is 0. The van der Waals surface area contributed by atoms with Crippen LogP contribution < -0.4 is 0 Å². The summed E-state index contributed by atoms with van der Waals surface area (Å²) in [6.07, 6.45) is -0.0438. The molecule has 1 aliphatic rings. The second-order valence-corrected chi connectivity index (χ2v) is 3.58. The number of hydrogen-bond donors (Lipinski definition) is 1. The Bertz CT molecular complexity index is 164. The third-order valence-corrected chi connectivity index (χ3v) is 2.48. The molecule has 3 atom stereocenters. The minimum absolute atomic E-state index is 0.00167. The molecule has 15 heavy (non-hydrogen) atoms. The Balaban J connectivity index is 2.28. The molecule has 1 N–H and O–H groups in total. The van der Waals surface area contributed by atoms with E-state index in [1.807, 2.05) is 0 Å². The maximum atomic E-state index is 9.76. The van der Waals surface area contributed by atoms with Crippen LogP contribution in [0.15, 0.2) is 0 Å². The standard InChI is InChI=1S/C10H20O5/c1-12-5-6-15-10-8(3-4-14-10)9(11)7-13-2/h8-11H,3-7H2,1-2H3. The molecule has 1 saturated heterocycles. The van der Waals surface area contributed by atoms with Gasteiger partial charge in [-0.15, -0.1) is 0 Å². The summed E-state index contributed by atoms with van der Waals surface area (Å²) in [5, 5.41) is 9.76. The van der Waals surface area contributed by atoms with Crippen LogP contribution in [-0.2, 0) is 18.9 Å². The average Bonchev–Trinajstić information content (AvgIpc) is 2.67. The lowest BCUT2D eigenvalue weighted by Gasteiger charge is -2.23. The molecule has 5 heteroatoms. The zero-order valence-corrected chi connectivity index (χ0v) is 9.35. The normalized spacial score (nSPS) is 28.2. The Labute approximate surface area is 90.3 Å². The zero-order valence-electron chi connectivity index (χ0n) is 9.35. The van der Waals surface area contributed by atoms with Gasteiger partial charge < -0.3 is 24.1 Å². The van der Waals surface area contributed by atoms with E-state index in [9.17, 15) is 5.11 Å². The number of methoxy groups -OCH3 is 2. The second-order valence-electron chi connectivity index (χ2n) is 3.58. The van der Waals surface area contributed by atoms with Crippen LogP contribution in [0.5, 0.6) is 0 Å². The molecule has 1 fully saturated rings. The highest BCUT2D eigenvalue weighted by Gasteiger charge is 2.34. The molecule has 90 valence electrons. The summed E-state index contributed by atoms with van der Waals surface area (Å²) in [7, 11) is 3.19. The lowest BCUT2D eigenvalue weighted by Crippen LogP contribution is -2.33. The van der Waals surface area contributed by atoms with E-state index in [-0.39, 0.29) is 12.2 Å². The predicted octanol–water partition coefficient (Wildman–Crippen LogP) is 0.0193. The predicted molar refractivity (Wildman–Crippen MR) is 53.6 cm³/mol. The monoisotopic (exact) mass is 220 g/mol. The van der Waals surface area contributed by atoms with Crippen molar-refractivity contribution in [1.82, 2.24) is 0 Å². The van der Waals surface area contributed by atoms with Gasteiger partial charge in [0.25, 0.3) is 0 Å². The molecule has 1 aliphatic heterocycles. The fourth-order valence-corrected chi connectivity index (χ4v) is 1.67. The van der Waals surface area contributed by atoms with E-state index < -0.39 is 6.10 Å². The van der Waals surface area contributed by atoms with Crippen LogP contribution in [0.2, 0.25) is 0 Å². The first kappa shape index (κ1) is 12.9. The molecule has 1 rings (SSSR count). The van der Waals surface area contributed by atoms with Gasteiger partial charge in [-0.3, -0.25) is 0 Å². The first-order chi connectivity index (χ1) is 7.29. The van der Waals surface area contributed by atoms with Gasteiger partial charge in [0.05, 0.1) is 32.5 Å². The molecule has 5 nitrogen and oxygen atoms in total. The van der Waals surface area contributed by atoms with Gasteiger partial charge >= 0.3 is 0 Å². The summed E-state index contributed by atoms with van der Waals surface area (Å²) in [5.74, 6) is 0.00167. The minimum atomic E-state index is -0.523. The topological polar surface area (TPSA) is 57.2 Å². The molecule has 0 saturated carbocycles. The number of aliphatic hydroxyl groups is 1. The second kappa shape index (κ2) is 7.14. The van der Waals surface area contributed by atoms with Crippen molar-refractivity contribution in [2.45, 2.75) is 18.8 Å². The van der Waals surface area contributed by atoms with Gasteiger partial charge in [0, 0.05) is 20.1 Å². The fourth-order valence-electron chi connectivity index (χ4n) is 1.67. The van der Waals surface area contributed by atoms with Crippen LogP contribution in [0.25, 0.3) is 0 Å². The number of hydrogen-bond acceptors (Lipinski definition) is 5. The smallest absolute Gasteiger partial charge is 0.163 e. The van der Waals surface area contributed by atoms with E-state index >= 15 is 0 Å². The maximum Gasteiger partial charge on any atom is 0.163 e. The summed E-state index contributed by atoms with van der Waals surface area (Å²) in [4.78, 5) is 0. The number of ether oxygens (including phenoxy) is 4. The van der Waals surface area contributed by atoms with Crippen LogP contribution in [0.4, 0.5) is 0 Å². The third kappa shape index (κ3) is 4.04. The minimum Gasteiger partial charge on any atom is -0.390 e. The van der Waals surface area contributed by atoms with Crippen molar-refractivity contribution in [3.05, 3.63) is 0 Å². The first-order valence-electron chi connectivity index (χ1n) is 5.18. The van der Waals surface area contributed by atoms with Gasteiger partial charge in [0.1, 0.15) is 0 Å². The summed E-state index contributed by atoms with van der Waals surface area (Å²) >= 11 is 0. The van der Waals surface area contributed by atoms with Gasteiger partial charge in [-0.2, -0.15) is 0 Å². The Kier molecular flexibility index (Phi) is 6.12. The molecular weight excluding hydrogens is 200 g/mol. The molecule has 0 amide bonds. The van der Waals surface area contributed by atoms with Crippen LogP contribution >= 0.6 is 0 Å². The van der Waals surface area contributed by atoms with Crippen molar-refractivity contribution in [1.29, 1.82) is 0 Å². The lowest BCUT2D eigenvalue weighted by molar-refractivity contribution is -0.158. The van der Waals surface area contributed by atoms with Gasteiger partial charge in [-0.25, -0.2) is 0 Å². The zero-order chi connectivity index (χ0) is 11.1. The molecule has 0 aromatic rings. The van der Waals surface area contributed by atoms with Crippen molar-refractivity contribution in [3.8, 4) is 0 Å². The highest BCUT2D eigenvalue weighted by Crippen LogP contribution is 2.25. The van der Waals surface area contributed by atoms with Crippen molar-refractivity contribution in [2.75, 3.05) is 40.6 Å². The number of aliphatic hydroxyl groups excluding tert-OH is 1. The fraction of sp³-hybridized carbons (Fsp3) is 1.00. The van der Waals surface area contributed by atoms with E-state index in [4.69, 9.17) is 18.9 Å².